The number of nitrogens with two attached hydrogens (primary N) is 1. The number of allylic oxidation sites excluding steroid dienone is 2. The monoisotopic (exact) mass is 484 g/mol. The van der Waals surface area contributed by atoms with Crippen molar-refractivity contribution in [3.05, 3.63) is 86.3 Å². The van der Waals surface area contributed by atoms with Crippen LogP contribution in [0, 0.1) is 12.7 Å². The highest BCUT2D eigenvalue weighted by molar-refractivity contribution is 7.14. The molecule has 0 amide bonds. The van der Waals surface area contributed by atoms with Crippen LogP contribution in [0.1, 0.15) is 59.3 Å². The number of Topliss-reactive ketones (excluding diaryl/α,β-unsaturated/α-hetero) is 1. The van der Waals surface area contributed by atoms with E-state index in [0.717, 1.165) is 0 Å². The average Bonchev–Trinajstić information content (AvgIpc) is 3.13. The van der Waals surface area contributed by atoms with Crippen molar-refractivity contribution in [2.24, 2.45) is 5.73 Å². The lowest BCUT2D eigenvalue weighted by Gasteiger charge is -2.11. The minimum atomic E-state index is -0.893. The van der Waals surface area contributed by atoms with Crippen LogP contribution in [0.2, 0.25) is 0 Å². The van der Waals surface area contributed by atoms with Gasteiger partial charge in [-0.15, -0.1) is 0 Å². The van der Waals surface area contributed by atoms with Crippen molar-refractivity contribution < 1.29 is 23.4 Å². The Labute approximate surface area is 200 Å². The second-order valence-corrected chi connectivity index (χ2v) is 8.74. The molecule has 0 saturated carbocycles. The molecule has 0 aliphatic rings. The second-order valence-electron chi connectivity index (χ2n) is 7.74. The molecule has 1 atom stereocenters. The summed E-state index contributed by atoms with van der Waals surface area (Å²) >= 11 is 1.19. The van der Waals surface area contributed by atoms with Crippen molar-refractivity contribution in [1.82, 2.24) is 4.98 Å². The first-order valence-electron chi connectivity index (χ1n) is 10.6. The first-order valence-corrected chi connectivity index (χ1v) is 11.4. The Morgan fingerprint density at radius 2 is 2.06 bits per heavy atom. The van der Waals surface area contributed by atoms with Gasteiger partial charge in [-0.1, -0.05) is 24.3 Å². The number of hydrogen-bond acceptors (Lipinski definition) is 8. The van der Waals surface area contributed by atoms with Crippen LogP contribution in [0.25, 0.3) is 6.08 Å². The standard InChI is InChI=1S/C25H25FN2O5S/c1-14(6-4-5-11-27)20-13-19(29)22(24(31)33-20)23(30)15(2)12-21-16(3)28-25(34-21)32-18-9-7-17(26)8-10-18/h5,7-14,29H,4,6,27H2,1-3H3/b11-5+,15-12+. The van der Waals surface area contributed by atoms with Crippen LogP contribution < -0.4 is 16.1 Å². The SMILES string of the molecule is C/C(=C\c1sc(Oc2ccc(F)cc2)nc1C)C(=O)c1c(O)cc(C(C)CC/C=C/N)oc1=O. The summed E-state index contributed by atoms with van der Waals surface area (Å²) in [5.74, 6) is -0.868. The third-order valence-electron chi connectivity index (χ3n) is 5.10. The lowest BCUT2D eigenvalue weighted by molar-refractivity contribution is 0.102. The average molecular weight is 485 g/mol. The van der Waals surface area contributed by atoms with E-state index in [-0.39, 0.29) is 17.3 Å². The van der Waals surface area contributed by atoms with Crippen LogP contribution in [-0.2, 0) is 0 Å². The maximum Gasteiger partial charge on any atom is 0.351 e. The maximum atomic E-state index is 13.1. The second kappa shape index (κ2) is 10.9. The van der Waals surface area contributed by atoms with Gasteiger partial charge >= 0.3 is 5.63 Å². The molecule has 1 aromatic carbocycles. The molecule has 9 heteroatoms. The molecule has 0 spiro atoms. The molecule has 3 aromatic rings. The molecule has 34 heavy (non-hydrogen) atoms. The minimum Gasteiger partial charge on any atom is -0.507 e. The molecule has 0 aliphatic carbocycles. The minimum absolute atomic E-state index is 0.144. The number of halogens is 1. The molecular formula is C25H25FN2O5S. The van der Waals surface area contributed by atoms with Crippen LogP contribution in [-0.4, -0.2) is 15.9 Å². The number of ketones is 1. The fraction of sp³-hybridized carbons (Fsp3) is 0.240. The largest absolute Gasteiger partial charge is 0.507 e. The summed E-state index contributed by atoms with van der Waals surface area (Å²) in [5, 5.41) is 10.7. The molecule has 3 N–H and O–H groups in total. The predicted octanol–water partition coefficient (Wildman–Crippen LogP) is 5.68. The fourth-order valence-electron chi connectivity index (χ4n) is 3.16. The van der Waals surface area contributed by atoms with Gasteiger partial charge in [0.15, 0.2) is 5.78 Å². The van der Waals surface area contributed by atoms with Gasteiger partial charge in [0.25, 0.3) is 5.19 Å². The predicted molar refractivity (Wildman–Crippen MR) is 129 cm³/mol. The van der Waals surface area contributed by atoms with Crippen LogP contribution in [0.3, 0.4) is 0 Å². The van der Waals surface area contributed by atoms with E-state index in [1.807, 2.05) is 6.92 Å². The summed E-state index contributed by atoms with van der Waals surface area (Å²) in [4.78, 5) is 30.4. The Balaban J connectivity index is 1.81. The number of thiazole rings is 1. The molecular weight excluding hydrogens is 459 g/mol. The molecule has 3 rings (SSSR count). The molecule has 0 saturated heterocycles. The van der Waals surface area contributed by atoms with Gasteiger partial charge in [0.1, 0.15) is 28.6 Å². The molecule has 0 radical (unpaired) electrons. The number of benzene rings is 1. The van der Waals surface area contributed by atoms with E-state index in [0.29, 0.717) is 40.1 Å². The zero-order chi connectivity index (χ0) is 24.8. The number of rotatable bonds is 9. The number of hydrogen-bond donors (Lipinski definition) is 2. The van der Waals surface area contributed by atoms with E-state index >= 15 is 0 Å². The van der Waals surface area contributed by atoms with Gasteiger partial charge in [-0.3, -0.25) is 4.79 Å². The first-order chi connectivity index (χ1) is 16.2. The van der Waals surface area contributed by atoms with Crippen LogP contribution in [0.4, 0.5) is 4.39 Å². The van der Waals surface area contributed by atoms with E-state index in [1.165, 1.54) is 54.8 Å². The molecule has 0 bridgehead atoms. The van der Waals surface area contributed by atoms with E-state index in [9.17, 15) is 19.1 Å². The highest BCUT2D eigenvalue weighted by atomic mass is 32.1. The van der Waals surface area contributed by atoms with Gasteiger partial charge in [0, 0.05) is 12.0 Å². The first kappa shape index (κ1) is 24.9. The zero-order valence-electron chi connectivity index (χ0n) is 19.0. The number of carbonyl (C=O) groups excluding carboxylic acids is 1. The molecule has 1 unspecified atom stereocenters. The summed E-state index contributed by atoms with van der Waals surface area (Å²) in [7, 11) is 0. The number of carbonyl (C=O) groups is 1. The normalized spacial score (nSPS) is 12.8. The van der Waals surface area contributed by atoms with Crippen molar-refractivity contribution in [2.75, 3.05) is 0 Å². The number of aromatic hydroxyl groups is 1. The summed E-state index contributed by atoms with van der Waals surface area (Å²) in [6.45, 7) is 5.14. The molecule has 7 nitrogen and oxygen atoms in total. The number of ether oxygens (including phenoxy) is 1. The van der Waals surface area contributed by atoms with Crippen LogP contribution in [0.15, 0.2) is 57.4 Å². The highest BCUT2D eigenvalue weighted by Gasteiger charge is 2.22. The number of aromatic nitrogens is 1. The molecule has 2 heterocycles. The highest BCUT2D eigenvalue weighted by Crippen LogP contribution is 2.32. The Morgan fingerprint density at radius 3 is 2.71 bits per heavy atom. The lowest BCUT2D eigenvalue weighted by Crippen LogP contribution is -2.16. The van der Waals surface area contributed by atoms with Crippen LogP contribution >= 0.6 is 11.3 Å². The fourth-order valence-corrected chi connectivity index (χ4v) is 4.10. The zero-order valence-corrected chi connectivity index (χ0v) is 19.8. The van der Waals surface area contributed by atoms with Crippen molar-refractivity contribution in [3.8, 4) is 16.7 Å². The summed E-state index contributed by atoms with van der Waals surface area (Å²) in [6.07, 6.45) is 6.15. The Hall–Kier alpha value is -3.72. The maximum absolute atomic E-state index is 13.1. The Kier molecular flexibility index (Phi) is 8.01. The topological polar surface area (TPSA) is 116 Å². The Bertz CT molecular complexity index is 1290. The van der Waals surface area contributed by atoms with Gasteiger partial charge in [-0.2, -0.15) is 0 Å². The summed E-state index contributed by atoms with van der Waals surface area (Å²) in [5.41, 5.74) is 4.85. The van der Waals surface area contributed by atoms with Gasteiger partial charge < -0.3 is 20.0 Å². The van der Waals surface area contributed by atoms with Gasteiger partial charge in [-0.25, -0.2) is 14.2 Å². The lowest BCUT2D eigenvalue weighted by atomic mass is 10.00. The van der Waals surface area contributed by atoms with Crippen molar-refractivity contribution in [1.29, 1.82) is 0 Å². The quantitative estimate of drug-likeness (QED) is 0.296. The van der Waals surface area contributed by atoms with E-state index in [2.05, 4.69) is 4.98 Å². The van der Waals surface area contributed by atoms with Gasteiger partial charge in [0.2, 0.25) is 0 Å². The third kappa shape index (κ3) is 5.99. The molecule has 0 aliphatic heterocycles. The van der Waals surface area contributed by atoms with Crippen molar-refractivity contribution >= 4 is 23.2 Å². The molecule has 178 valence electrons. The third-order valence-corrected chi connectivity index (χ3v) is 6.08. The van der Waals surface area contributed by atoms with E-state index in [4.69, 9.17) is 14.9 Å². The Morgan fingerprint density at radius 1 is 1.35 bits per heavy atom. The van der Waals surface area contributed by atoms with Crippen molar-refractivity contribution in [3.63, 3.8) is 0 Å². The number of nitrogens with zero attached hydrogens (tertiary/aromatic N) is 1. The molecule has 0 fully saturated rings. The van der Waals surface area contributed by atoms with Gasteiger partial charge in [0.05, 0.1) is 10.6 Å². The van der Waals surface area contributed by atoms with Crippen LogP contribution in [0.5, 0.6) is 16.7 Å². The smallest absolute Gasteiger partial charge is 0.351 e. The number of aryl methyl sites for hydroxylation is 1. The van der Waals surface area contributed by atoms with Gasteiger partial charge in [-0.05, 0) is 68.8 Å². The van der Waals surface area contributed by atoms with Crippen molar-refractivity contribution in [2.45, 2.75) is 39.5 Å². The summed E-state index contributed by atoms with van der Waals surface area (Å²) < 4.78 is 24.0. The van der Waals surface area contributed by atoms with E-state index < -0.39 is 22.7 Å². The van der Waals surface area contributed by atoms with E-state index in [1.54, 1.807) is 19.1 Å². The molecule has 2 aromatic heterocycles. The summed E-state index contributed by atoms with van der Waals surface area (Å²) in [6, 6.07) is 6.84.